The van der Waals surface area contributed by atoms with E-state index in [1.807, 2.05) is 20.8 Å². The molecular formula is C22H40IN5O3. The van der Waals surface area contributed by atoms with Crippen molar-refractivity contribution in [3.05, 3.63) is 0 Å². The molecule has 0 aromatic carbocycles. The van der Waals surface area contributed by atoms with Gasteiger partial charge in [0.05, 0.1) is 6.04 Å². The fraction of sp³-hybridized carbons (Fsp3) is 0.864. The van der Waals surface area contributed by atoms with Gasteiger partial charge in [-0.05, 0) is 70.6 Å². The molecule has 0 saturated heterocycles. The molecular weight excluding hydrogens is 509 g/mol. The summed E-state index contributed by atoms with van der Waals surface area (Å²) >= 11 is 0. The number of hydrogen-bond donors (Lipinski definition) is 3. The molecule has 0 aromatic rings. The van der Waals surface area contributed by atoms with Crippen molar-refractivity contribution in [3.63, 3.8) is 0 Å². The fourth-order valence-electron chi connectivity index (χ4n) is 4.54. The number of amides is 2. The first-order valence-corrected chi connectivity index (χ1v) is 11.3. The van der Waals surface area contributed by atoms with Crippen LogP contribution >= 0.6 is 24.0 Å². The number of guanidine groups is 1. The van der Waals surface area contributed by atoms with E-state index in [-0.39, 0.29) is 48.6 Å². The van der Waals surface area contributed by atoms with E-state index in [0.717, 1.165) is 18.8 Å². The SMILES string of the molecule is CN(C)C(=O)CN=C(NCC(NC(=O)OC(C)(C)C)C1CC1)NC1CC2CCC1C2.I. The van der Waals surface area contributed by atoms with Crippen molar-refractivity contribution < 1.29 is 14.3 Å². The summed E-state index contributed by atoms with van der Waals surface area (Å²) in [7, 11) is 3.48. The van der Waals surface area contributed by atoms with Gasteiger partial charge in [-0.25, -0.2) is 9.79 Å². The minimum Gasteiger partial charge on any atom is -0.444 e. The van der Waals surface area contributed by atoms with E-state index in [2.05, 4.69) is 20.9 Å². The summed E-state index contributed by atoms with van der Waals surface area (Å²) < 4.78 is 5.43. The van der Waals surface area contributed by atoms with Gasteiger partial charge < -0.3 is 25.6 Å². The highest BCUT2D eigenvalue weighted by atomic mass is 127. The molecule has 0 aromatic heterocycles. The Hall–Kier alpha value is -1.26. The lowest BCUT2D eigenvalue weighted by molar-refractivity contribution is -0.127. The number of carbonyl (C=O) groups excluding carboxylic acids is 2. The molecule has 3 N–H and O–H groups in total. The standard InChI is InChI=1S/C22H39N5O3.HI/c1-22(2,3)30-21(29)26-18(15-8-9-15)12-23-20(24-13-19(28)27(4)5)25-17-11-14-6-7-16(17)10-14;/h14-18H,6-13H2,1-5H3,(H,26,29)(H2,23,24,25);1H. The van der Waals surface area contributed by atoms with E-state index in [0.29, 0.717) is 30.4 Å². The van der Waals surface area contributed by atoms with Crippen molar-refractivity contribution in [1.29, 1.82) is 0 Å². The molecule has 3 aliphatic rings. The third kappa shape index (κ3) is 8.31. The summed E-state index contributed by atoms with van der Waals surface area (Å²) in [6.07, 6.45) is 6.91. The van der Waals surface area contributed by atoms with Crippen LogP contribution in [-0.4, -0.2) is 67.7 Å². The van der Waals surface area contributed by atoms with E-state index < -0.39 is 5.60 Å². The van der Waals surface area contributed by atoms with E-state index in [4.69, 9.17) is 4.74 Å². The van der Waals surface area contributed by atoms with Crippen molar-refractivity contribution >= 4 is 41.9 Å². The highest BCUT2D eigenvalue weighted by molar-refractivity contribution is 14.0. The number of alkyl carbamates (subject to hydrolysis) is 1. The molecule has 3 saturated carbocycles. The lowest BCUT2D eigenvalue weighted by atomic mass is 9.95. The fourth-order valence-corrected chi connectivity index (χ4v) is 4.54. The third-order valence-electron chi connectivity index (χ3n) is 6.31. The third-order valence-corrected chi connectivity index (χ3v) is 6.31. The number of nitrogens with one attached hydrogen (secondary N) is 3. The first-order chi connectivity index (χ1) is 14.1. The average molecular weight is 549 g/mol. The van der Waals surface area contributed by atoms with Gasteiger partial charge in [0, 0.05) is 26.7 Å². The predicted octanol–water partition coefficient (Wildman–Crippen LogP) is 2.72. The molecule has 0 aliphatic heterocycles. The molecule has 2 bridgehead atoms. The van der Waals surface area contributed by atoms with Crippen LogP contribution in [0, 0.1) is 17.8 Å². The largest absolute Gasteiger partial charge is 0.444 e. The van der Waals surface area contributed by atoms with Crippen LogP contribution in [0.5, 0.6) is 0 Å². The van der Waals surface area contributed by atoms with Crippen LogP contribution in [0.4, 0.5) is 4.79 Å². The maximum atomic E-state index is 12.2. The zero-order valence-corrected chi connectivity index (χ0v) is 21.9. The average Bonchev–Trinajstić information content (AvgIpc) is 3.28. The van der Waals surface area contributed by atoms with Crippen LogP contribution in [-0.2, 0) is 9.53 Å². The zero-order valence-electron chi connectivity index (χ0n) is 19.6. The second-order valence-electron chi connectivity index (χ2n) is 10.3. The van der Waals surface area contributed by atoms with Gasteiger partial charge in [-0.1, -0.05) is 6.42 Å². The molecule has 0 spiro atoms. The van der Waals surface area contributed by atoms with Crippen LogP contribution in [0.3, 0.4) is 0 Å². The van der Waals surface area contributed by atoms with E-state index in [1.165, 1.54) is 25.7 Å². The molecule has 31 heavy (non-hydrogen) atoms. The molecule has 178 valence electrons. The smallest absolute Gasteiger partial charge is 0.407 e. The lowest BCUT2D eigenvalue weighted by Gasteiger charge is -2.27. The van der Waals surface area contributed by atoms with Crippen LogP contribution in [0.15, 0.2) is 4.99 Å². The summed E-state index contributed by atoms with van der Waals surface area (Å²) in [5, 5.41) is 9.97. The highest BCUT2D eigenvalue weighted by Gasteiger charge is 2.40. The topological polar surface area (TPSA) is 95.1 Å². The minimum absolute atomic E-state index is 0. The Morgan fingerprint density at radius 3 is 2.35 bits per heavy atom. The van der Waals surface area contributed by atoms with E-state index in [9.17, 15) is 9.59 Å². The summed E-state index contributed by atoms with van der Waals surface area (Å²) in [5.74, 6) is 2.61. The van der Waals surface area contributed by atoms with Gasteiger partial charge in [-0.15, -0.1) is 24.0 Å². The van der Waals surface area contributed by atoms with Crippen molar-refractivity contribution in [2.75, 3.05) is 27.2 Å². The number of likely N-dealkylation sites (N-methyl/N-ethyl adjacent to an activating group) is 1. The molecule has 9 heteroatoms. The first kappa shape index (κ1) is 26.0. The normalized spacial score (nSPS) is 26.0. The quantitative estimate of drug-likeness (QED) is 0.258. The summed E-state index contributed by atoms with van der Waals surface area (Å²) in [5.41, 5.74) is -0.520. The summed E-state index contributed by atoms with van der Waals surface area (Å²) in [4.78, 5) is 30.4. The van der Waals surface area contributed by atoms with Gasteiger partial charge in [0.25, 0.3) is 0 Å². The highest BCUT2D eigenvalue weighted by Crippen LogP contribution is 2.44. The van der Waals surface area contributed by atoms with Crippen LogP contribution in [0.1, 0.15) is 59.3 Å². The van der Waals surface area contributed by atoms with E-state index >= 15 is 0 Å². The number of carbonyl (C=O) groups is 2. The number of aliphatic imine (C=N–C) groups is 1. The molecule has 0 heterocycles. The van der Waals surface area contributed by atoms with Gasteiger partial charge >= 0.3 is 6.09 Å². The van der Waals surface area contributed by atoms with Crippen molar-refractivity contribution in [3.8, 4) is 0 Å². The molecule has 3 aliphatic carbocycles. The van der Waals surface area contributed by atoms with Gasteiger partial charge in [-0.2, -0.15) is 0 Å². The van der Waals surface area contributed by atoms with Crippen molar-refractivity contribution in [2.45, 2.75) is 77.0 Å². The number of fused-ring (bicyclic) bond motifs is 2. The van der Waals surface area contributed by atoms with Crippen molar-refractivity contribution in [1.82, 2.24) is 20.9 Å². The number of halogens is 1. The first-order valence-electron chi connectivity index (χ1n) is 11.3. The molecule has 3 rings (SSSR count). The molecule has 4 atom stereocenters. The second kappa shape index (κ2) is 11.0. The monoisotopic (exact) mass is 549 g/mol. The van der Waals surface area contributed by atoms with Gasteiger partial charge in [0.15, 0.2) is 5.96 Å². The van der Waals surface area contributed by atoms with Crippen LogP contribution in [0.2, 0.25) is 0 Å². The molecule has 2 amide bonds. The zero-order chi connectivity index (χ0) is 21.9. The van der Waals surface area contributed by atoms with Crippen LogP contribution in [0.25, 0.3) is 0 Å². The minimum atomic E-state index is -0.520. The number of ether oxygens (including phenoxy) is 1. The Labute approximate surface area is 203 Å². The van der Waals surface area contributed by atoms with Gasteiger partial charge in [-0.3, -0.25) is 4.79 Å². The van der Waals surface area contributed by atoms with E-state index in [1.54, 1.807) is 19.0 Å². The Balaban J connectivity index is 0.00000341. The Morgan fingerprint density at radius 1 is 1.13 bits per heavy atom. The summed E-state index contributed by atoms with van der Waals surface area (Å²) in [6, 6.07) is 0.402. The molecule has 0 radical (unpaired) electrons. The maximum absolute atomic E-state index is 12.2. The lowest BCUT2D eigenvalue weighted by Crippen LogP contribution is -2.51. The number of rotatable bonds is 7. The number of nitrogens with zero attached hydrogens (tertiary/aromatic N) is 2. The Kier molecular flexibility index (Phi) is 9.27. The second-order valence-corrected chi connectivity index (χ2v) is 10.3. The van der Waals surface area contributed by atoms with Crippen LogP contribution < -0.4 is 16.0 Å². The number of hydrogen-bond acceptors (Lipinski definition) is 4. The molecule has 8 nitrogen and oxygen atoms in total. The van der Waals surface area contributed by atoms with Gasteiger partial charge in [0.2, 0.25) is 5.91 Å². The predicted molar refractivity (Wildman–Crippen MR) is 133 cm³/mol. The van der Waals surface area contributed by atoms with Crippen molar-refractivity contribution in [2.24, 2.45) is 22.7 Å². The Bertz CT molecular complexity index is 660. The van der Waals surface area contributed by atoms with Gasteiger partial charge in [0.1, 0.15) is 12.1 Å². The maximum Gasteiger partial charge on any atom is 0.407 e. The Morgan fingerprint density at radius 2 is 1.84 bits per heavy atom. The summed E-state index contributed by atoms with van der Waals surface area (Å²) in [6.45, 7) is 6.26. The molecule has 3 fully saturated rings. The molecule has 4 unspecified atom stereocenters.